The lowest BCUT2D eigenvalue weighted by Gasteiger charge is -2.06. The molecule has 0 spiro atoms. The molecule has 0 atom stereocenters. The predicted octanol–water partition coefficient (Wildman–Crippen LogP) is 4.05. The zero-order valence-corrected chi connectivity index (χ0v) is 12.6. The van der Waals surface area contributed by atoms with Crippen LogP contribution >= 0.6 is 11.3 Å². The predicted molar refractivity (Wildman–Crippen MR) is 88.1 cm³/mol. The number of fused-ring (bicyclic) bond motifs is 1. The highest BCUT2D eigenvalue weighted by molar-refractivity contribution is 7.21. The molecule has 0 aliphatic rings. The first kappa shape index (κ1) is 12.9. The van der Waals surface area contributed by atoms with E-state index < -0.39 is 0 Å². The minimum Gasteiger partial charge on any atom is -0.398 e. The van der Waals surface area contributed by atoms with Crippen LogP contribution in [0, 0.1) is 20.8 Å². The Balaban J connectivity index is 2.22. The van der Waals surface area contributed by atoms with Crippen LogP contribution in [0.5, 0.6) is 0 Å². The minimum atomic E-state index is 0.715. The Morgan fingerprint density at radius 3 is 2.25 bits per heavy atom. The van der Waals surface area contributed by atoms with Gasteiger partial charge in [-0.1, -0.05) is 6.07 Å². The van der Waals surface area contributed by atoms with Gasteiger partial charge in [-0.05, 0) is 55.7 Å². The number of hydrogen-bond donors (Lipinski definition) is 2. The molecule has 4 heteroatoms. The number of anilines is 2. The van der Waals surface area contributed by atoms with Crippen molar-refractivity contribution >= 4 is 32.9 Å². The van der Waals surface area contributed by atoms with Gasteiger partial charge in [0.1, 0.15) is 5.01 Å². The molecule has 0 unspecified atom stereocenters. The number of nitrogens with two attached hydrogens (primary N) is 2. The third-order valence-corrected chi connectivity index (χ3v) is 4.62. The maximum absolute atomic E-state index is 6.00. The van der Waals surface area contributed by atoms with E-state index in [0.29, 0.717) is 11.4 Å². The first-order chi connectivity index (χ1) is 9.45. The van der Waals surface area contributed by atoms with Crippen molar-refractivity contribution < 1.29 is 0 Å². The SMILES string of the molecule is Cc1cc(C)c2nc(-c3cc(N)c(C)c(N)c3)sc2c1. The average molecular weight is 283 g/mol. The van der Waals surface area contributed by atoms with Gasteiger partial charge in [-0.3, -0.25) is 0 Å². The summed E-state index contributed by atoms with van der Waals surface area (Å²) in [4.78, 5) is 4.74. The number of benzene rings is 2. The van der Waals surface area contributed by atoms with Crippen LogP contribution < -0.4 is 11.5 Å². The van der Waals surface area contributed by atoms with Crippen LogP contribution in [0.2, 0.25) is 0 Å². The highest BCUT2D eigenvalue weighted by atomic mass is 32.1. The molecule has 0 saturated heterocycles. The lowest BCUT2D eigenvalue weighted by atomic mass is 10.1. The summed E-state index contributed by atoms with van der Waals surface area (Å²) >= 11 is 1.68. The van der Waals surface area contributed by atoms with Crippen LogP contribution in [0.15, 0.2) is 24.3 Å². The highest BCUT2D eigenvalue weighted by Crippen LogP contribution is 2.35. The van der Waals surface area contributed by atoms with Crippen molar-refractivity contribution in [2.45, 2.75) is 20.8 Å². The van der Waals surface area contributed by atoms with Gasteiger partial charge < -0.3 is 11.5 Å². The fourth-order valence-electron chi connectivity index (χ4n) is 2.38. The van der Waals surface area contributed by atoms with Gasteiger partial charge in [0.15, 0.2) is 0 Å². The third-order valence-electron chi connectivity index (χ3n) is 3.56. The Hall–Kier alpha value is -2.07. The van der Waals surface area contributed by atoms with Crippen molar-refractivity contribution in [2.24, 2.45) is 0 Å². The molecule has 0 aliphatic carbocycles. The number of nitrogens with zero attached hydrogens (tertiary/aromatic N) is 1. The molecule has 3 rings (SSSR count). The van der Waals surface area contributed by atoms with Crippen LogP contribution in [0.3, 0.4) is 0 Å². The average Bonchev–Trinajstić information content (AvgIpc) is 2.79. The summed E-state index contributed by atoms with van der Waals surface area (Å²) in [5.41, 5.74) is 18.9. The summed E-state index contributed by atoms with van der Waals surface area (Å²) < 4.78 is 1.20. The molecule has 0 fully saturated rings. The highest BCUT2D eigenvalue weighted by Gasteiger charge is 2.11. The van der Waals surface area contributed by atoms with Crippen molar-refractivity contribution in [1.29, 1.82) is 0 Å². The van der Waals surface area contributed by atoms with Crippen molar-refractivity contribution in [3.63, 3.8) is 0 Å². The zero-order chi connectivity index (χ0) is 14.4. The molecule has 0 bridgehead atoms. The van der Waals surface area contributed by atoms with Crippen LogP contribution in [-0.2, 0) is 0 Å². The number of hydrogen-bond acceptors (Lipinski definition) is 4. The van der Waals surface area contributed by atoms with E-state index in [0.717, 1.165) is 21.7 Å². The van der Waals surface area contributed by atoms with Gasteiger partial charge in [0.25, 0.3) is 0 Å². The van der Waals surface area contributed by atoms with E-state index in [4.69, 9.17) is 16.5 Å². The van der Waals surface area contributed by atoms with E-state index in [1.165, 1.54) is 15.8 Å². The number of aryl methyl sites for hydroxylation is 2. The topological polar surface area (TPSA) is 64.9 Å². The molecule has 0 radical (unpaired) electrons. The van der Waals surface area contributed by atoms with E-state index in [1.807, 2.05) is 19.1 Å². The number of thiazole rings is 1. The normalized spacial score (nSPS) is 11.2. The monoisotopic (exact) mass is 283 g/mol. The summed E-state index contributed by atoms with van der Waals surface area (Å²) in [6.45, 7) is 6.13. The first-order valence-corrected chi connectivity index (χ1v) is 7.31. The minimum absolute atomic E-state index is 0.715. The van der Waals surface area contributed by atoms with Crippen LogP contribution in [-0.4, -0.2) is 4.98 Å². The molecule has 20 heavy (non-hydrogen) atoms. The van der Waals surface area contributed by atoms with Crippen LogP contribution in [0.1, 0.15) is 16.7 Å². The van der Waals surface area contributed by atoms with Crippen LogP contribution in [0.25, 0.3) is 20.8 Å². The fourth-order valence-corrected chi connectivity index (χ4v) is 3.51. The summed E-state index contributed by atoms with van der Waals surface area (Å²) in [6, 6.07) is 8.23. The maximum Gasteiger partial charge on any atom is 0.124 e. The molecular weight excluding hydrogens is 266 g/mol. The molecule has 3 aromatic rings. The Morgan fingerprint density at radius 2 is 1.60 bits per heavy atom. The smallest absolute Gasteiger partial charge is 0.124 e. The number of aromatic nitrogens is 1. The fraction of sp³-hybridized carbons (Fsp3) is 0.188. The quantitative estimate of drug-likeness (QED) is 0.662. The summed E-state index contributed by atoms with van der Waals surface area (Å²) in [5, 5.41) is 0.965. The van der Waals surface area contributed by atoms with Gasteiger partial charge in [0.2, 0.25) is 0 Å². The van der Waals surface area contributed by atoms with Crippen molar-refractivity contribution in [3.8, 4) is 10.6 Å². The van der Waals surface area contributed by atoms with Gasteiger partial charge in [-0.2, -0.15) is 0 Å². The molecule has 4 N–H and O–H groups in total. The molecule has 0 saturated carbocycles. The molecule has 2 aromatic carbocycles. The molecular formula is C16H17N3S. The molecule has 102 valence electrons. The third kappa shape index (κ3) is 2.02. The number of rotatable bonds is 1. The van der Waals surface area contributed by atoms with Crippen molar-refractivity contribution in [1.82, 2.24) is 4.98 Å². The van der Waals surface area contributed by atoms with Crippen LogP contribution in [0.4, 0.5) is 11.4 Å². The Kier molecular flexibility index (Phi) is 2.91. The Labute approximate surface area is 122 Å². The summed E-state index contributed by atoms with van der Waals surface area (Å²) in [5.74, 6) is 0. The summed E-state index contributed by atoms with van der Waals surface area (Å²) in [7, 11) is 0. The van der Waals surface area contributed by atoms with E-state index in [2.05, 4.69) is 26.0 Å². The molecule has 3 nitrogen and oxygen atoms in total. The Morgan fingerprint density at radius 1 is 0.950 bits per heavy atom. The van der Waals surface area contributed by atoms with Gasteiger partial charge in [-0.15, -0.1) is 11.3 Å². The molecule has 0 amide bonds. The molecule has 1 heterocycles. The van der Waals surface area contributed by atoms with Crippen molar-refractivity contribution in [3.05, 3.63) is 41.0 Å². The maximum atomic E-state index is 6.00. The molecule has 0 aliphatic heterocycles. The van der Waals surface area contributed by atoms with E-state index in [-0.39, 0.29) is 0 Å². The summed E-state index contributed by atoms with van der Waals surface area (Å²) in [6.07, 6.45) is 0. The second-order valence-corrected chi connectivity index (χ2v) is 6.26. The zero-order valence-electron chi connectivity index (χ0n) is 11.8. The van der Waals surface area contributed by atoms with E-state index >= 15 is 0 Å². The second-order valence-electron chi connectivity index (χ2n) is 5.23. The lowest BCUT2D eigenvalue weighted by molar-refractivity contribution is 1.38. The molecule has 1 aromatic heterocycles. The van der Waals surface area contributed by atoms with Gasteiger partial charge in [-0.25, -0.2) is 4.98 Å². The number of nitrogen functional groups attached to an aromatic ring is 2. The van der Waals surface area contributed by atoms with Gasteiger partial charge in [0, 0.05) is 16.9 Å². The first-order valence-electron chi connectivity index (χ1n) is 6.49. The Bertz CT molecular complexity index is 795. The largest absolute Gasteiger partial charge is 0.398 e. The van der Waals surface area contributed by atoms with Gasteiger partial charge >= 0.3 is 0 Å². The second kappa shape index (κ2) is 4.49. The standard InChI is InChI=1S/C16H17N3S/c1-8-4-9(2)15-14(5-8)20-16(19-15)11-6-12(17)10(3)13(18)7-11/h4-7H,17-18H2,1-3H3. The van der Waals surface area contributed by atoms with Crippen molar-refractivity contribution in [2.75, 3.05) is 11.5 Å². The lowest BCUT2D eigenvalue weighted by Crippen LogP contribution is -1.96. The van der Waals surface area contributed by atoms with E-state index in [9.17, 15) is 0 Å². The van der Waals surface area contributed by atoms with Gasteiger partial charge in [0.05, 0.1) is 10.2 Å². The van der Waals surface area contributed by atoms with E-state index in [1.54, 1.807) is 11.3 Å².